The topological polar surface area (TPSA) is 29.5 Å². The summed E-state index contributed by atoms with van der Waals surface area (Å²) in [5, 5.41) is 10.6. The molecule has 1 fully saturated rings. The fourth-order valence-electron chi connectivity index (χ4n) is 2.66. The fourth-order valence-corrected chi connectivity index (χ4v) is 5.87. The van der Waals surface area contributed by atoms with E-state index in [1.165, 1.54) is 0 Å². The monoisotopic (exact) mass is 230 g/mol. The first-order valence-corrected chi connectivity index (χ1v) is 9.31. The van der Waals surface area contributed by atoms with Gasteiger partial charge in [-0.3, -0.25) is 0 Å². The third-order valence-corrected chi connectivity index (χ3v) is 5.92. The average Bonchev–Trinajstić information content (AvgIpc) is 2.00. The van der Waals surface area contributed by atoms with Crippen molar-refractivity contribution >= 4 is 8.32 Å². The van der Waals surface area contributed by atoms with E-state index in [1.54, 1.807) is 0 Å². The summed E-state index contributed by atoms with van der Waals surface area (Å²) in [7, 11) is -1.64. The summed E-state index contributed by atoms with van der Waals surface area (Å²) in [6.07, 6.45) is 3.35. The minimum Gasteiger partial charge on any atom is -0.414 e. The Morgan fingerprint density at radius 2 is 2.07 bits per heavy atom. The summed E-state index contributed by atoms with van der Waals surface area (Å²) in [6.45, 7) is 10.9. The van der Waals surface area contributed by atoms with Crippen molar-refractivity contribution in [1.29, 1.82) is 0 Å². The summed E-state index contributed by atoms with van der Waals surface area (Å²) >= 11 is 0. The molecule has 0 aliphatic carbocycles. The Hall–Kier alpha value is 0.137. The molecule has 0 amide bonds. The van der Waals surface area contributed by atoms with Gasteiger partial charge < -0.3 is 9.53 Å². The van der Waals surface area contributed by atoms with E-state index in [0.29, 0.717) is 5.92 Å². The molecule has 0 aromatic carbocycles. The van der Waals surface area contributed by atoms with Crippen LogP contribution in [-0.2, 0) is 4.43 Å². The molecule has 0 aromatic rings. The highest BCUT2D eigenvalue weighted by Crippen LogP contribution is 2.39. The van der Waals surface area contributed by atoms with Crippen LogP contribution in [0, 0.1) is 5.92 Å². The lowest BCUT2D eigenvalue weighted by atomic mass is 9.85. The van der Waals surface area contributed by atoms with E-state index in [9.17, 15) is 5.11 Å². The second kappa shape index (κ2) is 4.56. The molecule has 1 aliphatic rings. The third kappa shape index (κ3) is 3.30. The summed E-state index contributed by atoms with van der Waals surface area (Å²) in [5.74, 6) is 0.340. The highest BCUT2D eigenvalue weighted by atomic mass is 28.4. The smallest absolute Gasteiger partial charge is 0.189 e. The maximum Gasteiger partial charge on any atom is 0.189 e. The molecule has 0 spiro atoms. The second-order valence-electron chi connectivity index (χ2n) is 5.93. The predicted molar refractivity (Wildman–Crippen MR) is 66.5 cm³/mol. The quantitative estimate of drug-likeness (QED) is 0.755. The minimum atomic E-state index is -1.64. The fraction of sp³-hybridized carbons (Fsp3) is 1.00. The summed E-state index contributed by atoms with van der Waals surface area (Å²) < 4.78 is 6.14. The van der Waals surface area contributed by atoms with Crippen LogP contribution in [0.3, 0.4) is 0 Å². The molecule has 1 rings (SSSR count). The van der Waals surface area contributed by atoms with Gasteiger partial charge in [0.2, 0.25) is 0 Å². The zero-order valence-corrected chi connectivity index (χ0v) is 11.8. The average molecular weight is 230 g/mol. The van der Waals surface area contributed by atoms with Gasteiger partial charge >= 0.3 is 0 Å². The van der Waals surface area contributed by atoms with Crippen LogP contribution in [-0.4, -0.2) is 25.1 Å². The molecule has 2 nitrogen and oxygen atoms in total. The van der Waals surface area contributed by atoms with Crippen LogP contribution in [0.5, 0.6) is 0 Å². The normalized spacial score (nSPS) is 35.8. The lowest BCUT2D eigenvalue weighted by Gasteiger charge is -2.46. The van der Waals surface area contributed by atoms with E-state index < -0.39 is 13.9 Å². The second-order valence-corrected chi connectivity index (χ2v) is 10.0. The lowest BCUT2D eigenvalue weighted by molar-refractivity contribution is -0.0522. The maximum absolute atomic E-state index is 10.6. The Kier molecular flexibility index (Phi) is 4.01. The van der Waals surface area contributed by atoms with Gasteiger partial charge in [-0.25, -0.2) is 0 Å². The molecule has 2 atom stereocenters. The van der Waals surface area contributed by atoms with Crippen molar-refractivity contribution in [2.75, 3.05) is 0 Å². The van der Waals surface area contributed by atoms with E-state index in [-0.39, 0.29) is 6.10 Å². The molecule has 90 valence electrons. The molecule has 1 aliphatic heterocycles. The van der Waals surface area contributed by atoms with Crippen molar-refractivity contribution in [3.8, 4) is 0 Å². The minimum absolute atomic E-state index is 0.290. The van der Waals surface area contributed by atoms with Gasteiger partial charge in [0.05, 0.1) is 5.60 Å². The SMILES string of the molecule is CCC[C@H]1C[C@](O)(C(C)C)C[Si](C)(C)O1. The molecule has 0 aromatic heterocycles. The standard InChI is InChI=1S/C12H26O2Si/c1-6-7-11-8-12(13,10(2)3)9-15(4,5)14-11/h10-11,13H,6-9H2,1-5H3/t11-,12+/m0/s1. The van der Waals surface area contributed by atoms with Crippen LogP contribution >= 0.6 is 0 Å². The Labute approximate surface area is 95.2 Å². The molecule has 0 saturated carbocycles. The van der Waals surface area contributed by atoms with Gasteiger partial charge in [-0.1, -0.05) is 27.2 Å². The van der Waals surface area contributed by atoms with E-state index in [1.807, 2.05) is 0 Å². The molecular weight excluding hydrogens is 204 g/mol. The van der Waals surface area contributed by atoms with Gasteiger partial charge in [0.15, 0.2) is 8.32 Å². The van der Waals surface area contributed by atoms with Gasteiger partial charge in [0.25, 0.3) is 0 Å². The van der Waals surface area contributed by atoms with E-state index >= 15 is 0 Å². The van der Waals surface area contributed by atoms with Crippen molar-refractivity contribution in [2.24, 2.45) is 5.92 Å². The predicted octanol–water partition coefficient (Wildman–Crippen LogP) is 3.17. The maximum atomic E-state index is 10.6. The van der Waals surface area contributed by atoms with Crippen molar-refractivity contribution in [1.82, 2.24) is 0 Å². The number of hydrogen-bond donors (Lipinski definition) is 1. The van der Waals surface area contributed by atoms with E-state index in [0.717, 1.165) is 25.3 Å². The van der Waals surface area contributed by atoms with Crippen molar-refractivity contribution in [2.45, 2.75) is 70.9 Å². The molecule has 1 saturated heterocycles. The van der Waals surface area contributed by atoms with Crippen LogP contribution in [0.1, 0.15) is 40.0 Å². The van der Waals surface area contributed by atoms with Crippen molar-refractivity contribution in [3.05, 3.63) is 0 Å². The van der Waals surface area contributed by atoms with Gasteiger partial charge in [0, 0.05) is 12.5 Å². The summed E-state index contributed by atoms with van der Waals surface area (Å²) in [5.41, 5.74) is -0.478. The zero-order valence-electron chi connectivity index (χ0n) is 10.8. The first kappa shape index (κ1) is 13.2. The Bertz CT molecular complexity index is 216. The Balaban J connectivity index is 2.76. The third-order valence-electron chi connectivity index (χ3n) is 3.48. The number of hydrogen-bond acceptors (Lipinski definition) is 2. The van der Waals surface area contributed by atoms with Gasteiger partial charge in [-0.15, -0.1) is 0 Å². The Morgan fingerprint density at radius 3 is 2.53 bits per heavy atom. The van der Waals surface area contributed by atoms with E-state index in [2.05, 4.69) is 33.9 Å². The highest BCUT2D eigenvalue weighted by Gasteiger charge is 2.46. The van der Waals surface area contributed by atoms with Crippen molar-refractivity contribution in [3.63, 3.8) is 0 Å². The first-order valence-electron chi connectivity index (χ1n) is 6.19. The summed E-state index contributed by atoms with van der Waals surface area (Å²) in [4.78, 5) is 0. The molecule has 0 unspecified atom stereocenters. The van der Waals surface area contributed by atoms with E-state index in [4.69, 9.17) is 4.43 Å². The number of aliphatic hydroxyl groups is 1. The molecule has 1 heterocycles. The van der Waals surface area contributed by atoms with Crippen LogP contribution in [0.15, 0.2) is 0 Å². The Morgan fingerprint density at radius 1 is 1.47 bits per heavy atom. The summed E-state index contributed by atoms with van der Waals surface area (Å²) in [6, 6.07) is 0.887. The van der Waals surface area contributed by atoms with Gasteiger partial charge in [-0.2, -0.15) is 0 Å². The van der Waals surface area contributed by atoms with Crippen molar-refractivity contribution < 1.29 is 9.53 Å². The highest BCUT2D eigenvalue weighted by molar-refractivity contribution is 6.71. The molecular formula is C12H26O2Si. The molecule has 3 heteroatoms. The molecule has 1 N–H and O–H groups in total. The molecule has 15 heavy (non-hydrogen) atoms. The largest absolute Gasteiger partial charge is 0.414 e. The van der Waals surface area contributed by atoms with Crippen LogP contribution in [0.2, 0.25) is 19.1 Å². The van der Waals surface area contributed by atoms with Crippen LogP contribution in [0.4, 0.5) is 0 Å². The molecule has 0 radical (unpaired) electrons. The first-order chi connectivity index (χ1) is 6.79. The van der Waals surface area contributed by atoms with Crippen LogP contribution < -0.4 is 0 Å². The zero-order chi connectivity index (χ0) is 11.7. The van der Waals surface area contributed by atoms with Gasteiger partial charge in [0.1, 0.15) is 0 Å². The number of rotatable bonds is 3. The van der Waals surface area contributed by atoms with Crippen LogP contribution in [0.25, 0.3) is 0 Å². The molecule has 0 bridgehead atoms. The van der Waals surface area contributed by atoms with Gasteiger partial charge in [-0.05, 0) is 31.5 Å². The lowest BCUT2D eigenvalue weighted by Crippen LogP contribution is -2.54.